The first-order valence-corrected chi connectivity index (χ1v) is 9.67. The average molecular weight is 387 g/mol. The fourth-order valence-corrected chi connectivity index (χ4v) is 3.71. The number of hydrogen-bond donors (Lipinski definition) is 0. The Labute approximate surface area is 164 Å². The number of carbonyl (C=O) groups is 1. The molecule has 142 valence electrons. The van der Waals surface area contributed by atoms with Crippen LogP contribution in [0.4, 0.5) is 11.4 Å². The number of benzene rings is 1. The summed E-state index contributed by atoms with van der Waals surface area (Å²) in [6, 6.07) is 11.8. The van der Waals surface area contributed by atoms with E-state index in [2.05, 4.69) is 20.9 Å². The number of pyridine rings is 1. The SMILES string of the molecule is O=C(c1ccc(N2CCN(c3cccc(Cl)c3)CC2)cn1)N1CCOCC1. The highest BCUT2D eigenvalue weighted by molar-refractivity contribution is 6.30. The van der Waals surface area contributed by atoms with Crippen molar-refractivity contribution >= 4 is 28.9 Å². The first-order chi connectivity index (χ1) is 13.2. The number of anilines is 2. The molecule has 0 atom stereocenters. The lowest BCUT2D eigenvalue weighted by Gasteiger charge is -2.37. The predicted molar refractivity (Wildman–Crippen MR) is 107 cm³/mol. The van der Waals surface area contributed by atoms with Crippen LogP contribution in [0.15, 0.2) is 42.6 Å². The Bertz CT molecular complexity index is 785. The largest absolute Gasteiger partial charge is 0.378 e. The van der Waals surface area contributed by atoms with Gasteiger partial charge in [-0.05, 0) is 30.3 Å². The molecule has 3 heterocycles. The number of carbonyl (C=O) groups excluding carboxylic acids is 1. The van der Waals surface area contributed by atoms with Crippen LogP contribution in [0.2, 0.25) is 5.02 Å². The molecule has 2 aliphatic heterocycles. The average Bonchev–Trinajstić information content (AvgIpc) is 2.74. The van der Waals surface area contributed by atoms with E-state index in [9.17, 15) is 4.79 Å². The van der Waals surface area contributed by atoms with E-state index >= 15 is 0 Å². The third-order valence-corrected chi connectivity index (χ3v) is 5.32. The minimum Gasteiger partial charge on any atom is -0.378 e. The van der Waals surface area contributed by atoms with Crippen molar-refractivity contribution in [3.05, 3.63) is 53.3 Å². The minimum atomic E-state index is -0.0179. The minimum absolute atomic E-state index is 0.0179. The molecule has 0 unspecified atom stereocenters. The molecule has 6 nitrogen and oxygen atoms in total. The summed E-state index contributed by atoms with van der Waals surface area (Å²) < 4.78 is 5.30. The van der Waals surface area contributed by atoms with Gasteiger partial charge in [-0.2, -0.15) is 0 Å². The number of halogens is 1. The van der Waals surface area contributed by atoms with Gasteiger partial charge in [0.2, 0.25) is 0 Å². The molecule has 2 fully saturated rings. The molecule has 1 aromatic heterocycles. The molecular formula is C20H23ClN4O2. The van der Waals surface area contributed by atoms with Gasteiger partial charge in [-0.3, -0.25) is 4.79 Å². The van der Waals surface area contributed by atoms with E-state index in [1.165, 1.54) is 0 Å². The molecule has 7 heteroatoms. The first-order valence-electron chi connectivity index (χ1n) is 9.29. The Hall–Kier alpha value is -2.31. The normalized spacial score (nSPS) is 17.9. The van der Waals surface area contributed by atoms with Crippen LogP contribution >= 0.6 is 11.6 Å². The van der Waals surface area contributed by atoms with Crippen molar-refractivity contribution in [2.24, 2.45) is 0 Å². The fourth-order valence-electron chi connectivity index (χ4n) is 3.52. The van der Waals surface area contributed by atoms with Crippen LogP contribution in [0, 0.1) is 0 Å². The molecule has 1 aromatic carbocycles. The Morgan fingerprint density at radius 3 is 2.26 bits per heavy atom. The molecule has 2 aromatic rings. The van der Waals surface area contributed by atoms with Crippen molar-refractivity contribution < 1.29 is 9.53 Å². The van der Waals surface area contributed by atoms with E-state index in [-0.39, 0.29) is 5.91 Å². The van der Waals surface area contributed by atoms with Crippen molar-refractivity contribution in [3.8, 4) is 0 Å². The van der Waals surface area contributed by atoms with Gasteiger partial charge >= 0.3 is 0 Å². The van der Waals surface area contributed by atoms with Gasteiger partial charge in [0, 0.05) is 50.0 Å². The Kier molecular flexibility index (Phi) is 5.45. The summed E-state index contributed by atoms with van der Waals surface area (Å²) in [5.41, 5.74) is 2.71. The van der Waals surface area contributed by atoms with Gasteiger partial charge < -0.3 is 19.4 Å². The Balaban J connectivity index is 1.36. The van der Waals surface area contributed by atoms with Crippen LogP contribution in [-0.4, -0.2) is 68.3 Å². The second kappa shape index (κ2) is 8.15. The summed E-state index contributed by atoms with van der Waals surface area (Å²) in [4.78, 5) is 23.3. The number of aromatic nitrogens is 1. The van der Waals surface area contributed by atoms with Crippen LogP contribution in [0.25, 0.3) is 0 Å². The van der Waals surface area contributed by atoms with E-state index in [1.54, 1.807) is 4.90 Å². The number of piperazine rings is 1. The Morgan fingerprint density at radius 2 is 1.63 bits per heavy atom. The zero-order valence-corrected chi connectivity index (χ0v) is 15.9. The van der Waals surface area contributed by atoms with E-state index in [1.807, 2.05) is 36.5 Å². The molecule has 2 saturated heterocycles. The van der Waals surface area contributed by atoms with E-state index in [0.717, 1.165) is 42.6 Å². The van der Waals surface area contributed by atoms with Crippen LogP contribution < -0.4 is 9.80 Å². The zero-order chi connectivity index (χ0) is 18.6. The molecule has 0 radical (unpaired) electrons. The predicted octanol–water partition coefficient (Wildman–Crippen LogP) is 2.53. The van der Waals surface area contributed by atoms with Gasteiger partial charge in [-0.1, -0.05) is 17.7 Å². The van der Waals surface area contributed by atoms with Crippen LogP contribution in [-0.2, 0) is 4.74 Å². The highest BCUT2D eigenvalue weighted by Gasteiger charge is 2.21. The maximum Gasteiger partial charge on any atom is 0.272 e. The van der Waals surface area contributed by atoms with Crippen molar-refractivity contribution in [2.75, 3.05) is 62.3 Å². The maximum absolute atomic E-state index is 12.5. The molecule has 4 rings (SSSR count). The summed E-state index contributed by atoms with van der Waals surface area (Å²) in [7, 11) is 0. The number of hydrogen-bond acceptors (Lipinski definition) is 5. The van der Waals surface area contributed by atoms with Crippen molar-refractivity contribution in [3.63, 3.8) is 0 Å². The summed E-state index contributed by atoms with van der Waals surface area (Å²) in [5, 5.41) is 0.764. The van der Waals surface area contributed by atoms with Gasteiger partial charge in [0.1, 0.15) is 5.69 Å². The third-order valence-electron chi connectivity index (χ3n) is 5.08. The second-order valence-corrected chi connectivity index (χ2v) is 7.20. The monoisotopic (exact) mass is 386 g/mol. The first kappa shape index (κ1) is 18.1. The lowest BCUT2D eigenvalue weighted by molar-refractivity contribution is 0.0299. The van der Waals surface area contributed by atoms with Gasteiger partial charge in [-0.15, -0.1) is 0 Å². The molecule has 2 aliphatic rings. The van der Waals surface area contributed by atoms with E-state index in [0.29, 0.717) is 32.0 Å². The highest BCUT2D eigenvalue weighted by atomic mass is 35.5. The van der Waals surface area contributed by atoms with Crippen molar-refractivity contribution in [1.29, 1.82) is 0 Å². The van der Waals surface area contributed by atoms with Crippen molar-refractivity contribution in [2.45, 2.75) is 0 Å². The number of amides is 1. The summed E-state index contributed by atoms with van der Waals surface area (Å²) >= 11 is 6.10. The van der Waals surface area contributed by atoms with Gasteiger partial charge in [0.05, 0.1) is 25.1 Å². The molecule has 1 amide bonds. The fraction of sp³-hybridized carbons (Fsp3) is 0.400. The van der Waals surface area contributed by atoms with Crippen LogP contribution in [0.5, 0.6) is 0 Å². The lowest BCUT2D eigenvalue weighted by Crippen LogP contribution is -2.46. The topological polar surface area (TPSA) is 48.9 Å². The summed E-state index contributed by atoms with van der Waals surface area (Å²) in [5.74, 6) is -0.0179. The number of ether oxygens (including phenoxy) is 1. The number of rotatable bonds is 3. The van der Waals surface area contributed by atoms with Gasteiger partial charge in [0.25, 0.3) is 5.91 Å². The van der Waals surface area contributed by atoms with Crippen molar-refractivity contribution in [1.82, 2.24) is 9.88 Å². The van der Waals surface area contributed by atoms with Gasteiger partial charge in [-0.25, -0.2) is 4.98 Å². The van der Waals surface area contributed by atoms with E-state index in [4.69, 9.17) is 16.3 Å². The summed E-state index contributed by atoms with van der Waals surface area (Å²) in [6.45, 7) is 6.13. The van der Waals surface area contributed by atoms with E-state index < -0.39 is 0 Å². The zero-order valence-electron chi connectivity index (χ0n) is 15.2. The van der Waals surface area contributed by atoms with Gasteiger partial charge in [0.15, 0.2) is 0 Å². The van der Waals surface area contributed by atoms with Crippen LogP contribution in [0.1, 0.15) is 10.5 Å². The number of nitrogens with zero attached hydrogens (tertiary/aromatic N) is 4. The van der Waals surface area contributed by atoms with Crippen LogP contribution in [0.3, 0.4) is 0 Å². The quantitative estimate of drug-likeness (QED) is 0.811. The lowest BCUT2D eigenvalue weighted by atomic mass is 10.2. The smallest absolute Gasteiger partial charge is 0.272 e. The molecule has 27 heavy (non-hydrogen) atoms. The number of morpholine rings is 1. The molecular weight excluding hydrogens is 364 g/mol. The maximum atomic E-state index is 12.5. The molecule has 0 saturated carbocycles. The molecule has 0 bridgehead atoms. The standard InChI is InChI=1S/C20H23ClN4O2/c21-16-2-1-3-17(14-16)23-6-8-24(9-7-23)18-4-5-19(22-15-18)20(26)25-10-12-27-13-11-25/h1-5,14-15H,6-13H2. The molecule has 0 aliphatic carbocycles. The highest BCUT2D eigenvalue weighted by Crippen LogP contribution is 2.23. The second-order valence-electron chi connectivity index (χ2n) is 6.76. The summed E-state index contributed by atoms with van der Waals surface area (Å²) in [6.07, 6.45) is 1.81. The molecule has 0 spiro atoms. The third kappa shape index (κ3) is 4.17. The molecule has 0 N–H and O–H groups in total. The Morgan fingerprint density at radius 1 is 0.926 bits per heavy atom.